The van der Waals surface area contributed by atoms with Crippen LogP contribution in [0.1, 0.15) is 296 Å². The normalized spacial score (nSPS) is 14.0. The summed E-state index contributed by atoms with van der Waals surface area (Å²) in [6.45, 7) is 4.69. The van der Waals surface area contributed by atoms with Crippen molar-refractivity contribution in [3.8, 4) is 0 Å². The Labute approximate surface area is 412 Å². The maximum Gasteiger partial charge on any atom is 0.268 e. The molecular weight excluding hydrogens is 840 g/mol. The molecule has 3 atom stereocenters. The minimum absolute atomic E-state index is 0.00247. The molecule has 0 radical (unpaired) electrons. The summed E-state index contributed by atoms with van der Waals surface area (Å²) >= 11 is 0. The van der Waals surface area contributed by atoms with Crippen LogP contribution in [0.5, 0.6) is 0 Å². The molecule has 8 nitrogen and oxygen atoms in total. The van der Waals surface area contributed by atoms with E-state index in [9.17, 15) is 19.4 Å². The third-order valence-corrected chi connectivity index (χ3v) is 14.5. The largest absolute Gasteiger partial charge is 0.756 e. The van der Waals surface area contributed by atoms with Crippen molar-refractivity contribution in [2.45, 2.75) is 309 Å². The minimum atomic E-state index is -4.59. The van der Waals surface area contributed by atoms with Crippen molar-refractivity contribution in [3.63, 3.8) is 0 Å². The molecule has 9 heteroatoms. The van der Waals surface area contributed by atoms with Crippen LogP contribution in [0.3, 0.4) is 0 Å². The number of nitrogens with zero attached hydrogens (tertiary/aromatic N) is 1. The molecule has 0 aliphatic rings. The zero-order valence-corrected chi connectivity index (χ0v) is 45.8. The third kappa shape index (κ3) is 51.1. The number of unbranched alkanes of at least 4 members (excludes halogenated alkanes) is 41. The van der Waals surface area contributed by atoms with Gasteiger partial charge in [0.2, 0.25) is 5.91 Å². The Balaban J connectivity index is 4.04. The van der Waals surface area contributed by atoms with E-state index >= 15 is 0 Å². The molecule has 66 heavy (non-hydrogen) atoms. The Kier molecular flexibility index (Phi) is 48.7. The predicted octanol–water partition coefficient (Wildman–Crippen LogP) is 16.8. The van der Waals surface area contributed by atoms with E-state index in [0.717, 1.165) is 38.5 Å². The first kappa shape index (κ1) is 65.2. The lowest BCUT2D eigenvalue weighted by Crippen LogP contribution is -2.45. The molecule has 0 aromatic heterocycles. The second-order valence-corrected chi connectivity index (χ2v) is 22.8. The fourth-order valence-corrected chi connectivity index (χ4v) is 9.64. The summed E-state index contributed by atoms with van der Waals surface area (Å²) < 4.78 is 23.3. The molecule has 0 fully saturated rings. The van der Waals surface area contributed by atoms with Gasteiger partial charge in [0.05, 0.1) is 39.9 Å². The maximum absolute atomic E-state index is 12.9. The number of hydrogen-bond acceptors (Lipinski definition) is 6. The van der Waals surface area contributed by atoms with E-state index in [1.807, 2.05) is 27.2 Å². The number of phosphoric ester groups is 1. The van der Waals surface area contributed by atoms with E-state index in [-0.39, 0.29) is 19.1 Å². The maximum atomic E-state index is 12.9. The molecule has 0 aliphatic heterocycles. The standard InChI is InChI=1S/C57H115N2O6P/c1-6-8-10-12-14-16-18-20-21-22-23-24-25-26-27-28-29-30-31-32-33-34-35-36-37-39-40-42-44-46-48-50-56(60)55(54-65-66(62,63)64-53-52-59(3,4)5)58-57(61)51-49-47-45-43-41-38-19-17-15-13-11-9-7-2/h48,50,55-56,60H,6-47,49,51-54H2,1-5H3,(H-,58,61,62,63)/b50-48+. The first-order chi connectivity index (χ1) is 32.0. The second kappa shape index (κ2) is 49.2. The van der Waals surface area contributed by atoms with E-state index < -0.39 is 20.0 Å². The lowest BCUT2D eigenvalue weighted by molar-refractivity contribution is -0.870. The number of phosphoric acid groups is 1. The number of nitrogens with one attached hydrogen (secondary N) is 1. The molecule has 0 spiro atoms. The first-order valence-electron chi connectivity index (χ1n) is 29.1. The van der Waals surface area contributed by atoms with Crippen LogP contribution in [0.15, 0.2) is 12.2 Å². The Morgan fingerprint density at radius 1 is 0.515 bits per heavy atom. The van der Waals surface area contributed by atoms with Gasteiger partial charge in [-0.25, -0.2) is 0 Å². The summed E-state index contributed by atoms with van der Waals surface area (Å²) in [4.78, 5) is 25.4. The highest BCUT2D eigenvalue weighted by atomic mass is 31.2. The first-order valence-corrected chi connectivity index (χ1v) is 30.5. The molecule has 0 aliphatic carbocycles. The van der Waals surface area contributed by atoms with Gasteiger partial charge in [0.15, 0.2) is 0 Å². The number of carbonyl (C=O) groups is 1. The van der Waals surface area contributed by atoms with Crippen LogP contribution in [0.25, 0.3) is 0 Å². The molecule has 0 heterocycles. The Hall–Kier alpha value is -0.760. The molecule has 0 saturated carbocycles. The van der Waals surface area contributed by atoms with Crippen molar-refractivity contribution in [2.75, 3.05) is 40.9 Å². The SMILES string of the molecule is CCCCCCCCCCCCCCCCCCCCCCCCCCCCCCC/C=C/C(O)C(COP(=O)([O-])OCC[N+](C)(C)C)NC(=O)CCCCCCCCCCCCCCC. The number of amides is 1. The number of aliphatic hydroxyl groups is 1. The summed E-state index contributed by atoms with van der Waals surface area (Å²) in [5, 5.41) is 13.9. The number of likely N-dealkylation sites (N-methyl/N-ethyl adjacent to an activating group) is 1. The Morgan fingerprint density at radius 2 is 0.818 bits per heavy atom. The third-order valence-electron chi connectivity index (χ3n) is 13.5. The van der Waals surface area contributed by atoms with Gasteiger partial charge in [0.1, 0.15) is 13.2 Å². The van der Waals surface area contributed by atoms with Crippen molar-refractivity contribution in [1.82, 2.24) is 5.32 Å². The average molecular weight is 956 g/mol. The van der Waals surface area contributed by atoms with Crippen LogP contribution in [0.2, 0.25) is 0 Å². The predicted molar refractivity (Wildman–Crippen MR) is 284 cm³/mol. The summed E-state index contributed by atoms with van der Waals surface area (Å²) in [7, 11) is 1.28. The second-order valence-electron chi connectivity index (χ2n) is 21.4. The van der Waals surface area contributed by atoms with Crippen molar-refractivity contribution in [1.29, 1.82) is 0 Å². The molecule has 0 aromatic rings. The van der Waals surface area contributed by atoms with Crippen LogP contribution >= 0.6 is 7.82 Å². The fraction of sp³-hybridized carbons (Fsp3) is 0.947. The van der Waals surface area contributed by atoms with E-state index in [4.69, 9.17) is 9.05 Å². The van der Waals surface area contributed by atoms with Crippen molar-refractivity contribution in [3.05, 3.63) is 12.2 Å². The number of carbonyl (C=O) groups excluding carboxylic acids is 1. The van der Waals surface area contributed by atoms with Crippen LogP contribution in [-0.2, 0) is 18.4 Å². The highest BCUT2D eigenvalue weighted by molar-refractivity contribution is 7.45. The molecule has 1 amide bonds. The van der Waals surface area contributed by atoms with Gasteiger partial charge in [0, 0.05) is 6.42 Å². The molecule has 2 N–H and O–H groups in total. The van der Waals surface area contributed by atoms with Gasteiger partial charge in [0.25, 0.3) is 7.82 Å². The topological polar surface area (TPSA) is 108 Å². The highest BCUT2D eigenvalue weighted by Gasteiger charge is 2.23. The summed E-state index contributed by atoms with van der Waals surface area (Å²) in [5.74, 6) is -0.193. The van der Waals surface area contributed by atoms with Crippen LogP contribution < -0.4 is 10.2 Å². The van der Waals surface area contributed by atoms with Gasteiger partial charge in [-0.3, -0.25) is 9.36 Å². The van der Waals surface area contributed by atoms with Gasteiger partial charge < -0.3 is 28.8 Å². The van der Waals surface area contributed by atoms with E-state index in [1.54, 1.807) is 6.08 Å². The number of rotatable bonds is 54. The van der Waals surface area contributed by atoms with Crippen LogP contribution in [0.4, 0.5) is 0 Å². The van der Waals surface area contributed by atoms with Crippen molar-refractivity contribution < 1.29 is 32.9 Å². The summed E-state index contributed by atoms with van der Waals surface area (Å²) in [6, 6.07) is -0.881. The van der Waals surface area contributed by atoms with Gasteiger partial charge in [-0.15, -0.1) is 0 Å². The molecular formula is C57H115N2O6P. The summed E-state index contributed by atoms with van der Waals surface area (Å²) in [6.07, 6.45) is 60.2. The zero-order valence-electron chi connectivity index (χ0n) is 44.9. The number of aliphatic hydroxyl groups excluding tert-OH is 1. The lowest BCUT2D eigenvalue weighted by Gasteiger charge is -2.29. The highest BCUT2D eigenvalue weighted by Crippen LogP contribution is 2.38. The van der Waals surface area contributed by atoms with Gasteiger partial charge in [-0.05, 0) is 19.3 Å². The van der Waals surface area contributed by atoms with Crippen LogP contribution in [-0.4, -0.2) is 68.5 Å². The number of allylic oxidation sites excluding steroid dienone is 1. The number of hydrogen-bond donors (Lipinski definition) is 2. The van der Waals surface area contributed by atoms with Gasteiger partial charge >= 0.3 is 0 Å². The van der Waals surface area contributed by atoms with Crippen LogP contribution in [0, 0.1) is 0 Å². The minimum Gasteiger partial charge on any atom is -0.756 e. The van der Waals surface area contributed by atoms with Crippen molar-refractivity contribution in [2.24, 2.45) is 0 Å². The van der Waals surface area contributed by atoms with E-state index in [0.29, 0.717) is 17.4 Å². The molecule has 0 aromatic carbocycles. The van der Waals surface area contributed by atoms with Gasteiger partial charge in [-0.2, -0.15) is 0 Å². The monoisotopic (exact) mass is 955 g/mol. The summed E-state index contributed by atoms with van der Waals surface area (Å²) in [5.41, 5.74) is 0. The van der Waals surface area contributed by atoms with E-state index in [2.05, 4.69) is 19.2 Å². The zero-order chi connectivity index (χ0) is 48.5. The quantitative estimate of drug-likeness (QED) is 0.0272. The fourth-order valence-electron chi connectivity index (χ4n) is 8.92. The molecule has 0 saturated heterocycles. The molecule has 0 rings (SSSR count). The molecule has 3 unspecified atom stereocenters. The molecule has 0 bridgehead atoms. The lowest BCUT2D eigenvalue weighted by atomic mass is 10.0. The van der Waals surface area contributed by atoms with E-state index in [1.165, 1.54) is 238 Å². The number of quaternary nitrogens is 1. The van der Waals surface area contributed by atoms with Gasteiger partial charge in [-0.1, -0.05) is 283 Å². The van der Waals surface area contributed by atoms with Crippen molar-refractivity contribution >= 4 is 13.7 Å². The Morgan fingerprint density at radius 3 is 1.14 bits per heavy atom. The smallest absolute Gasteiger partial charge is 0.268 e. The average Bonchev–Trinajstić information content (AvgIpc) is 3.28. The molecule has 394 valence electrons. The Bertz CT molecular complexity index is 1080.